The zero-order valence-electron chi connectivity index (χ0n) is 14.2. The minimum atomic E-state index is -0.249. The van der Waals surface area contributed by atoms with Gasteiger partial charge >= 0.3 is 6.09 Å². The van der Waals surface area contributed by atoms with Crippen LogP contribution in [0.5, 0.6) is 0 Å². The lowest BCUT2D eigenvalue weighted by atomic mass is 10.2. The number of carbonyl (C=O) groups excluding carboxylic acids is 1. The van der Waals surface area contributed by atoms with Crippen molar-refractivity contribution in [1.82, 2.24) is 10.2 Å². The van der Waals surface area contributed by atoms with Crippen molar-refractivity contribution in [2.45, 2.75) is 26.2 Å². The molecule has 2 saturated heterocycles. The lowest BCUT2D eigenvalue weighted by Crippen LogP contribution is -2.43. The average Bonchev–Trinajstić information content (AvgIpc) is 3.04. The van der Waals surface area contributed by atoms with Crippen LogP contribution in [0.3, 0.4) is 0 Å². The van der Waals surface area contributed by atoms with Crippen LogP contribution < -0.4 is 10.2 Å². The Kier molecular flexibility index (Phi) is 7.90. The maximum atomic E-state index is 11.1. The zero-order valence-corrected chi connectivity index (χ0v) is 14.2. The Balaban J connectivity index is 0.000000168. The molecule has 1 amide bonds. The van der Waals surface area contributed by atoms with Crippen molar-refractivity contribution in [2.24, 2.45) is 0 Å². The minimum absolute atomic E-state index is 0.249. The molecule has 1 aromatic rings. The number of nitrogens with zero attached hydrogens (tertiary/aromatic N) is 2. The summed E-state index contributed by atoms with van der Waals surface area (Å²) in [6.45, 7) is 9.61. The summed E-state index contributed by atoms with van der Waals surface area (Å²) in [5.74, 6) is 0. The Bertz CT molecular complexity index is 447. The van der Waals surface area contributed by atoms with Crippen molar-refractivity contribution >= 4 is 11.8 Å². The molecule has 2 aliphatic rings. The van der Waals surface area contributed by atoms with Crippen LogP contribution in [0.1, 0.15) is 26.2 Å². The van der Waals surface area contributed by atoms with Gasteiger partial charge in [0.1, 0.15) is 6.61 Å². The summed E-state index contributed by atoms with van der Waals surface area (Å²) in [7, 11) is 0. The highest BCUT2D eigenvalue weighted by Gasteiger charge is 2.22. The number of para-hydroxylation sites is 1. The molecule has 1 N–H and O–H groups in total. The number of nitrogens with one attached hydrogen (secondary N) is 1. The summed E-state index contributed by atoms with van der Waals surface area (Å²) in [4.78, 5) is 15.3. The molecule has 2 aliphatic heterocycles. The third kappa shape index (κ3) is 6.20. The largest absolute Gasteiger partial charge is 0.447 e. The van der Waals surface area contributed by atoms with Gasteiger partial charge in [0, 0.05) is 31.9 Å². The molecule has 0 unspecified atom stereocenters. The second kappa shape index (κ2) is 10.2. The summed E-state index contributed by atoms with van der Waals surface area (Å²) >= 11 is 0. The van der Waals surface area contributed by atoms with E-state index in [2.05, 4.69) is 17.1 Å². The third-order valence-electron chi connectivity index (χ3n) is 4.12. The van der Waals surface area contributed by atoms with E-state index in [1.807, 2.05) is 30.3 Å². The molecule has 3 rings (SSSR count). The summed E-state index contributed by atoms with van der Waals surface area (Å²) in [5.41, 5.74) is 0.903. The van der Waals surface area contributed by atoms with Crippen LogP contribution in [0, 0.1) is 0 Å². The van der Waals surface area contributed by atoms with Crippen LogP contribution in [-0.2, 0) is 4.74 Å². The Hall–Kier alpha value is -1.59. The number of piperazine rings is 1. The zero-order chi connectivity index (χ0) is 16.3. The monoisotopic (exact) mass is 319 g/mol. The second-order valence-electron chi connectivity index (χ2n) is 5.90. The van der Waals surface area contributed by atoms with Gasteiger partial charge < -0.3 is 15.0 Å². The Morgan fingerprint density at radius 2 is 1.83 bits per heavy atom. The van der Waals surface area contributed by atoms with E-state index in [-0.39, 0.29) is 6.09 Å². The van der Waals surface area contributed by atoms with Crippen LogP contribution in [0.25, 0.3) is 0 Å². The number of unbranched alkanes of at least 4 members (excludes halogenated alkanes) is 2. The lowest BCUT2D eigenvalue weighted by Gasteiger charge is -2.26. The van der Waals surface area contributed by atoms with E-state index in [1.54, 1.807) is 4.90 Å². The van der Waals surface area contributed by atoms with E-state index in [0.717, 1.165) is 5.69 Å². The van der Waals surface area contributed by atoms with Crippen LogP contribution in [0.15, 0.2) is 30.3 Å². The van der Waals surface area contributed by atoms with Gasteiger partial charge in [-0.25, -0.2) is 4.79 Å². The summed E-state index contributed by atoms with van der Waals surface area (Å²) in [6.07, 6.45) is 3.87. The number of benzene rings is 1. The highest BCUT2D eigenvalue weighted by Crippen LogP contribution is 2.17. The van der Waals surface area contributed by atoms with Crippen LogP contribution in [0.2, 0.25) is 0 Å². The maximum absolute atomic E-state index is 11.1. The van der Waals surface area contributed by atoms with Gasteiger partial charge in [0.05, 0.1) is 6.54 Å². The molecule has 5 nitrogen and oxygen atoms in total. The number of cyclic esters (lactones) is 1. The van der Waals surface area contributed by atoms with E-state index < -0.39 is 0 Å². The van der Waals surface area contributed by atoms with Gasteiger partial charge in [0.25, 0.3) is 0 Å². The molecule has 128 valence electrons. The average molecular weight is 319 g/mol. The molecule has 2 heterocycles. The van der Waals surface area contributed by atoms with E-state index in [0.29, 0.717) is 13.2 Å². The smallest absolute Gasteiger partial charge is 0.414 e. The first-order valence-electron chi connectivity index (χ1n) is 8.73. The topological polar surface area (TPSA) is 44.8 Å². The Morgan fingerprint density at radius 3 is 2.43 bits per heavy atom. The molecular weight excluding hydrogens is 290 g/mol. The second-order valence-corrected chi connectivity index (χ2v) is 5.90. The van der Waals surface area contributed by atoms with Crippen LogP contribution >= 0.6 is 0 Å². The quantitative estimate of drug-likeness (QED) is 0.848. The van der Waals surface area contributed by atoms with Gasteiger partial charge in [-0.2, -0.15) is 0 Å². The number of hydrogen-bond acceptors (Lipinski definition) is 4. The van der Waals surface area contributed by atoms with Crippen molar-refractivity contribution in [2.75, 3.05) is 50.8 Å². The Labute approximate surface area is 139 Å². The van der Waals surface area contributed by atoms with Crippen molar-refractivity contribution in [3.63, 3.8) is 0 Å². The maximum Gasteiger partial charge on any atom is 0.414 e. The molecule has 0 radical (unpaired) electrons. The predicted octanol–water partition coefficient (Wildman–Crippen LogP) is 2.73. The van der Waals surface area contributed by atoms with E-state index in [1.165, 1.54) is 52.0 Å². The lowest BCUT2D eigenvalue weighted by molar-refractivity contribution is 0.181. The first kappa shape index (κ1) is 17.8. The minimum Gasteiger partial charge on any atom is -0.447 e. The molecule has 0 bridgehead atoms. The summed E-state index contributed by atoms with van der Waals surface area (Å²) in [6, 6.07) is 9.52. The molecule has 23 heavy (non-hydrogen) atoms. The van der Waals surface area contributed by atoms with Crippen LogP contribution in [-0.4, -0.2) is 56.9 Å². The predicted molar refractivity (Wildman–Crippen MR) is 94.0 cm³/mol. The van der Waals surface area contributed by atoms with Crippen molar-refractivity contribution in [3.8, 4) is 0 Å². The fraction of sp³-hybridized carbons (Fsp3) is 0.611. The number of amides is 1. The molecule has 0 saturated carbocycles. The van der Waals surface area contributed by atoms with Crippen molar-refractivity contribution in [1.29, 1.82) is 0 Å². The number of anilines is 1. The highest BCUT2D eigenvalue weighted by molar-refractivity contribution is 5.89. The molecule has 0 aliphatic carbocycles. The van der Waals surface area contributed by atoms with Gasteiger partial charge in [-0.05, 0) is 25.1 Å². The molecule has 5 heteroatoms. The van der Waals surface area contributed by atoms with Crippen LogP contribution in [0.4, 0.5) is 10.5 Å². The van der Waals surface area contributed by atoms with Gasteiger partial charge in [0.2, 0.25) is 0 Å². The fourth-order valence-corrected chi connectivity index (χ4v) is 2.76. The number of rotatable bonds is 5. The number of ether oxygens (including phenoxy) is 1. The first-order chi connectivity index (χ1) is 11.3. The summed E-state index contributed by atoms with van der Waals surface area (Å²) in [5, 5.41) is 3.36. The molecule has 2 fully saturated rings. The van der Waals surface area contributed by atoms with Crippen molar-refractivity contribution < 1.29 is 9.53 Å². The normalized spacial score (nSPS) is 18.3. The van der Waals surface area contributed by atoms with Crippen molar-refractivity contribution in [3.05, 3.63) is 30.3 Å². The number of hydrogen-bond donors (Lipinski definition) is 1. The van der Waals surface area contributed by atoms with E-state index in [4.69, 9.17) is 4.74 Å². The molecule has 0 spiro atoms. The number of carbonyl (C=O) groups is 1. The molecule has 0 aromatic heterocycles. The summed E-state index contributed by atoms with van der Waals surface area (Å²) < 4.78 is 4.81. The van der Waals surface area contributed by atoms with Gasteiger partial charge in [-0.3, -0.25) is 4.90 Å². The first-order valence-corrected chi connectivity index (χ1v) is 8.73. The highest BCUT2D eigenvalue weighted by atomic mass is 16.6. The van der Waals surface area contributed by atoms with Gasteiger partial charge in [-0.1, -0.05) is 38.0 Å². The van der Waals surface area contributed by atoms with Gasteiger partial charge in [0.15, 0.2) is 0 Å². The van der Waals surface area contributed by atoms with Gasteiger partial charge in [-0.15, -0.1) is 0 Å². The fourth-order valence-electron chi connectivity index (χ4n) is 2.76. The molecule has 1 aromatic carbocycles. The Morgan fingerprint density at radius 1 is 1.09 bits per heavy atom. The molecular formula is C18H29N3O2. The van der Waals surface area contributed by atoms with E-state index in [9.17, 15) is 4.79 Å². The third-order valence-corrected chi connectivity index (χ3v) is 4.12. The molecule has 0 atom stereocenters. The standard InChI is InChI=1S/C9H20N2.C9H9NO2/c1-2-3-4-7-11-8-5-10-6-9-11;11-9-10(6-7-12-9)8-4-2-1-3-5-8/h10H,2-9H2,1H3;1-5H,6-7H2. The SMILES string of the molecule is CCCCCN1CCNCC1.O=C1OCCN1c1ccccc1. The van der Waals surface area contributed by atoms with E-state index >= 15 is 0 Å².